The van der Waals surface area contributed by atoms with Crippen molar-refractivity contribution in [3.8, 4) is 23.0 Å². The molecule has 0 bridgehead atoms. The first kappa shape index (κ1) is 25.0. The molecular weight excluding hydrogens is 460 g/mol. The van der Waals surface area contributed by atoms with Crippen LogP contribution in [0.5, 0.6) is 23.0 Å². The Morgan fingerprint density at radius 3 is 2.46 bits per heavy atom. The van der Waals surface area contributed by atoms with Gasteiger partial charge in [0.05, 0.1) is 19.7 Å². The van der Waals surface area contributed by atoms with E-state index in [1.807, 2.05) is 30.3 Å². The minimum atomic E-state index is 0.631. The van der Waals surface area contributed by atoms with Gasteiger partial charge >= 0.3 is 0 Å². The Bertz CT molecular complexity index is 1190. The molecule has 186 valence electrons. The summed E-state index contributed by atoms with van der Waals surface area (Å²) in [5.74, 6) is 2.74. The van der Waals surface area contributed by atoms with E-state index in [1.165, 1.54) is 25.9 Å². The summed E-state index contributed by atoms with van der Waals surface area (Å²) in [6.07, 6.45) is 5.47. The summed E-state index contributed by atoms with van der Waals surface area (Å²) in [5.41, 5.74) is 3.87. The fourth-order valence-corrected chi connectivity index (χ4v) is 4.59. The number of nitrogens with one attached hydrogen (secondary N) is 2. The average Bonchev–Trinajstić information content (AvgIpc) is 3.39. The maximum Gasteiger partial charge on any atom is 0.170 e. The first-order valence-electron chi connectivity index (χ1n) is 12.1. The number of methoxy groups -OCH3 is 2. The second kappa shape index (κ2) is 11.6. The molecule has 7 nitrogen and oxygen atoms in total. The van der Waals surface area contributed by atoms with Gasteiger partial charge < -0.3 is 29.7 Å². The zero-order valence-electron chi connectivity index (χ0n) is 20.9. The Morgan fingerprint density at radius 2 is 1.71 bits per heavy atom. The maximum absolute atomic E-state index is 6.35. The van der Waals surface area contributed by atoms with Gasteiger partial charge in [0.25, 0.3) is 0 Å². The Balaban J connectivity index is 1.43. The van der Waals surface area contributed by atoms with E-state index in [1.54, 1.807) is 20.4 Å². The van der Waals surface area contributed by atoms with Crippen molar-refractivity contribution in [2.45, 2.75) is 33.1 Å². The van der Waals surface area contributed by atoms with Crippen molar-refractivity contribution in [3.63, 3.8) is 0 Å². The SMILES string of the molecule is COc1cc2nccc(Oc3ccc(NC(=S)NCCCN4CCCC4)c(C)c3C)c2cc1OC. The van der Waals surface area contributed by atoms with Crippen LogP contribution in [0.15, 0.2) is 36.5 Å². The summed E-state index contributed by atoms with van der Waals surface area (Å²) in [7, 11) is 3.23. The number of aromatic nitrogens is 1. The van der Waals surface area contributed by atoms with Gasteiger partial charge in [-0.1, -0.05) is 0 Å². The second-order valence-electron chi connectivity index (χ2n) is 8.78. The number of anilines is 1. The highest BCUT2D eigenvalue weighted by Crippen LogP contribution is 2.38. The number of fused-ring (bicyclic) bond motifs is 1. The number of nitrogens with zero attached hydrogens (tertiary/aromatic N) is 2. The standard InChI is InChI=1S/C27H34N4O3S/c1-18-19(2)23(9-8-21(18)30-27(35)29-11-7-15-31-13-5-6-14-31)34-24-10-12-28-22-17-26(33-4)25(32-3)16-20(22)24/h8-10,12,16-17H,5-7,11,13-15H2,1-4H3,(H2,29,30,35). The largest absolute Gasteiger partial charge is 0.493 e. The Morgan fingerprint density at radius 1 is 0.971 bits per heavy atom. The van der Waals surface area contributed by atoms with E-state index in [4.69, 9.17) is 26.4 Å². The van der Waals surface area contributed by atoms with E-state index in [0.717, 1.165) is 53.0 Å². The van der Waals surface area contributed by atoms with Crippen molar-refractivity contribution in [1.82, 2.24) is 15.2 Å². The molecule has 0 radical (unpaired) electrons. The third-order valence-electron chi connectivity index (χ3n) is 6.55. The van der Waals surface area contributed by atoms with Crippen molar-refractivity contribution in [1.29, 1.82) is 0 Å². The third kappa shape index (κ3) is 5.94. The number of hydrogen-bond acceptors (Lipinski definition) is 6. The van der Waals surface area contributed by atoms with Crippen molar-refractivity contribution < 1.29 is 14.2 Å². The van der Waals surface area contributed by atoms with Crippen LogP contribution in [-0.2, 0) is 0 Å². The summed E-state index contributed by atoms with van der Waals surface area (Å²) in [5, 5.41) is 8.16. The molecule has 35 heavy (non-hydrogen) atoms. The highest BCUT2D eigenvalue weighted by atomic mass is 32.1. The molecule has 0 spiro atoms. The molecule has 1 aromatic heterocycles. The Hall–Kier alpha value is -3.10. The lowest BCUT2D eigenvalue weighted by Gasteiger charge is -2.18. The number of benzene rings is 2. The lowest BCUT2D eigenvalue weighted by Crippen LogP contribution is -2.31. The molecule has 0 saturated carbocycles. The van der Waals surface area contributed by atoms with Crippen LogP contribution in [0.4, 0.5) is 5.69 Å². The van der Waals surface area contributed by atoms with Gasteiger partial charge in [-0.15, -0.1) is 0 Å². The van der Waals surface area contributed by atoms with Crippen LogP contribution >= 0.6 is 12.2 Å². The smallest absolute Gasteiger partial charge is 0.170 e. The van der Waals surface area contributed by atoms with E-state index in [0.29, 0.717) is 22.4 Å². The van der Waals surface area contributed by atoms with Gasteiger partial charge in [-0.2, -0.15) is 0 Å². The molecule has 2 aromatic carbocycles. The van der Waals surface area contributed by atoms with Gasteiger partial charge in [0, 0.05) is 29.9 Å². The minimum Gasteiger partial charge on any atom is -0.493 e. The van der Waals surface area contributed by atoms with Crippen molar-refractivity contribution in [2.75, 3.05) is 45.7 Å². The fourth-order valence-electron chi connectivity index (χ4n) is 4.37. The molecule has 3 aromatic rings. The summed E-state index contributed by atoms with van der Waals surface area (Å²) in [6.45, 7) is 8.57. The van der Waals surface area contributed by atoms with E-state index in [-0.39, 0.29) is 0 Å². The molecule has 8 heteroatoms. The third-order valence-corrected chi connectivity index (χ3v) is 6.79. The monoisotopic (exact) mass is 494 g/mol. The first-order chi connectivity index (χ1) is 17.0. The highest BCUT2D eigenvalue weighted by molar-refractivity contribution is 7.80. The van der Waals surface area contributed by atoms with Crippen molar-refractivity contribution >= 4 is 33.9 Å². The maximum atomic E-state index is 6.35. The molecule has 1 aliphatic heterocycles. The molecule has 2 heterocycles. The zero-order chi connectivity index (χ0) is 24.8. The Labute approximate surface area is 212 Å². The van der Waals surface area contributed by atoms with Gasteiger partial charge in [-0.05, 0) is 100 Å². The molecule has 1 aliphatic rings. The number of thiocarbonyl (C=S) groups is 1. The fraction of sp³-hybridized carbons (Fsp3) is 0.407. The number of pyridine rings is 1. The van der Waals surface area contributed by atoms with Gasteiger partial charge in [0.2, 0.25) is 0 Å². The summed E-state index contributed by atoms with van der Waals surface area (Å²) >= 11 is 5.53. The predicted molar refractivity (Wildman–Crippen MR) is 145 cm³/mol. The van der Waals surface area contributed by atoms with Gasteiger partial charge in [0.1, 0.15) is 11.5 Å². The molecule has 1 saturated heterocycles. The quantitative estimate of drug-likeness (QED) is 0.301. The van der Waals surface area contributed by atoms with E-state index >= 15 is 0 Å². The van der Waals surface area contributed by atoms with Gasteiger partial charge in [-0.25, -0.2) is 0 Å². The molecule has 0 amide bonds. The molecule has 4 rings (SSSR count). The van der Waals surface area contributed by atoms with E-state index in [9.17, 15) is 0 Å². The summed E-state index contributed by atoms with van der Waals surface area (Å²) < 4.78 is 17.2. The molecule has 0 aliphatic carbocycles. The van der Waals surface area contributed by atoms with Crippen LogP contribution < -0.4 is 24.8 Å². The molecule has 1 fully saturated rings. The summed E-state index contributed by atoms with van der Waals surface area (Å²) in [4.78, 5) is 6.97. The number of rotatable bonds is 9. The highest BCUT2D eigenvalue weighted by Gasteiger charge is 2.14. The lowest BCUT2D eigenvalue weighted by molar-refractivity contribution is 0.334. The zero-order valence-corrected chi connectivity index (χ0v) is 21.8. The van der Waals surface area contributed by atoms with Gasteiger partial charge in [-0.3, -0.25) is 4.98 Å². The van der Waals surface area contributed by atoms with Crippen LogP contribution in [0.25, 0.3) is 10.9 Å². The van der Waals surface area contributed by atoms with E-state index < -0.39 is 0 Å². The summed E-state index contributed by atoms with van der Waals surface area (Å²) in [6, 6.07) is 9.57. The molecule has 2 N–H and O–H groups in total. The predicted octanol–water partition coefficient (Wildman–Crippen LogP) is 5.43. The van der Waals surface area contributed by atoms with E-state index in [2.05, 4.69) is 34.4 Å². The van der Waals surface area contributed by atoms with Gasteiger partial charge in [0.15, 0.2) is 16.6 Å². The van der Waals surface area contributed by atoms with Crippen LogP contribution in [0, 0.1) is 13.8 Å². The average molecular weight is 495 g/mol. The van der Waals surface area contributed by atoms with Crippen LogP contribution in [0.2, 0.25) is 0 Å². The van der Waals surface area contributed by atoms with Crippen molar-refractivity contribution in [2.24, 2.45) is 0 Å². The minimum absolute atomic E-state index is 0.631. The number of ether oxygens (including phenoxy) is 3. The van der Waals surface area contributed by atoms with Crippen molar-refractivity contribution in [3.05, 3.63) is 47.7 Å². The molecule has 0 atom stereocenters. The first-order valence-corrected chi connectivity index (χ1v) is 12.5. The Kier molecular flexibility index (Phi) is 8.25. The number of hydrogen-bond donors (Lipinski definition) is 2. The van der Waals surface area contributed by atoms with Crippen LogP contribution in [-0.4, -0.2) is 55.4 Å². The second-order valence-corrected chi connectivity index (χ2v) is 9.19. The number of likely N-dealkylation sites (tertiary alicyclic amines) is 1. The molecular formula is C27H34N4O3S. The molecule has 0 unspecified atom stereocenters. The topological polar surface area (TPSA) is 67.9 Å². The van der Waals surface area contributed by atoms with Crippen LogP contribution in [0.3, 0.4) is 0 Å². The lowest BCUT2D eigenvalue weighted by atomic mass is 10.1. The normalized spacial score (nSPS) is 13.6. The van der Waals surface area contributed by atoms with Crippen LogP contribution in [0.1, 0.15) is 30.4 Å².